The number of nitrogens with zero attached hydrogens (tertiary/aromatic N) is 2. The highest BCUT2D eigenvalue weighted by molar-refractivity contribution is 5.78. The van der Waals surface area contributed by atoms with Crippen molar-refractivity contribution in [1.29, 1.82) is 0 Å². The first kappa shape index (κ1) is 18.5. The van der Waals surface area contributed by atoms with Gasteiger partial charge in [0.25, 0.3) is 0 Å². The minimum Gasteiger partial charge on any atom is -0.342 e. The molecular weight excluding hydrogens is 260 g/mol. The lowest BCUT2D eigenvalue weighted by Crippen LogP contribution is -2.29. The Kier molecular flexibility index (Phi) is 10.6. The van der Waals surface area contributed by atoms with E-state index in [4.69, 9.17) is 4.74 Å². The molecule has 0 unspecified atom stereocenters. The smallest absolute Gasteiger partial charge is 0.248 e. The highest BCUT2D eigenvalue weighted by Gasteiger charge is 2.26. The van der Waals surface area contributed by atoms with Crippen LogP contribution in [0.15, 0.2) is 0 Å². The van der Waals surface area contributed by atoms with Crippen LogP contribution in [0.1, 0.15) is 78.6 Å². The second-order valence-electron chi connectivity index (χ2n) is 6.13. The number of likely N-dealkylation sites (N-methyl/N-ethyl adjacent to an activating group) is 1. The summed E-state index contributed by atoms with van der Waals surface area (Å²) in [6.45, 7) is 11.9. The fourth-order valence-electron chi connectivity index (χ4n) is 3.14. The molecular formula is C18H37N2O+. The molecule has 3 heteroatoms. The van der Waals surface area contributed by atoms with Gasteiger partial charge >= 0.3 is 0 Å². The first-order valence-electron chi connectivity index (χ1n) is 9.26. The first-order chi connectivity index (χ1) is 10.3. The van der Waals surface area contributed by atoms with Gasteiger partial charge in [-0.3, -0.25) is 4.90 Å². The molecule has 0 saturated carbocycles. The number of amidine groups is 1. The van der Waals surface area contributed by atoms with Gasteiger partial charge in [0.15, 0.2) is 6.73 Å². The quantitative estimate of drug-likeness (QED) is 0.373. The summed E-state index contributed by atoms with van der Waals surface area (Å²) in [7, 11) is 0. The number of rotatable bonds is 13. The minimum absolute atomic E-state index is 0.788. The summed E-state index contributed by atoms with van der Waals surface area (Å²) in [5.41, 5.74) is 0. The van der Waals surface area contributed by atoms with E-state index in [0.717, 1.165) is 32.8 Å². The van der Waals surface area contributed by atoms with Crippen molar-refractivity contribution in [3.63, 3.8) is 0 Å². The molecule has 21 heavy (non-hydrogen) atoms. The molecule has 1 aliphatic rings. The van der Waals surface area contributed by atoms with Crippen molar-refractivity contribution in [2.75, 3.05) is 33.0 Å². The molecule has 1 aliphatic heterocycles. The van der Waals surface area contributed by atoms with E-state index in [1.54, 1.807) is 0 Å². The molecule has 0 atom stereocenters. The third-order valence-corrected chi connectivity index (χ3v) is 4.46. The molecule has 0 amide bonds. The Hall–Kier alpha value is -0.570. The van der Waals surface area contributed by atoms with Crippen LogP contribution in [0, 0.1) is 0 Å². The van der Waals surface area contributed by atoms with Crippen molar-refractivity contribution in [3.8, 4) is 0 Å². The van der Waals surface area contributed by atoms with E-state index in [-0.39, 0.29) is 0 Å². The summed E-state index contributed by atoms with van der Waals surface area (Å²) in [6.07, 6.45) is 12.1. The zero-order chi connectivity index (χ0) is 15.3. The van der Waals surface area contributed by atoms with Crippen LogP contribution in [-0.2, 0) is 4.74 Å². The van der Waals surface area contributed by atoms with Gasteiger partial charge in [-0.15, -0.1) is 0 Å². The zero-order valence-electron chi connectivity index (χ0n) is 14.7. The lowest BCUT2D eigenvalue weighted by atomic mass is 10.1. The van der Waals surface area contributed by atoms with Gasteiger partial charge in [-0.2, -0.15) is 0 Å². The summed E-state index contributed by atoms with van der Waals surface area (Å²) in [4.78, 5) is 2.47. The first-order valence-corrected chi connectivity index (χ1v) is 9.26. The second kappa shape index (κ2) is 12.0. The fraction of sp³-hybridized carbons (Fsp3) is 0.944. The molecule has 0 N–H and O–H groups in total. The van der Waals surface area contributed by atoms with Gasteiger partial charge < -0.3 is 4.74 Å². The normalized spacial score (nSPS) is 15.3. The summed E-state index contributed by atoms with van der Waals surface area (Å²) in [5.74, 6) is 1.47. The summed E-state index contributed by atoms with van der Waals surface area (Å²) in [6, 6.07) is 0. The van der Waals surface area contributed by atoms with E-state index in [1.165, 1.54) is 63.7 Å². The Bertz CT molecular complexity index is 289. The Morgan fingerprint density at radius 3 is 2.24 bits per heavy atom. The van der Waals surface area contributed by atoms with Crippen LogP contribution in [0.25, 0.3) is 0 Å². The minimum atomic E-state index is 0.788. The summed E-state index contributed by atoms with van der Waals surface area (Å²) < 4.78 is 8.28. The van der Waals surface area contributed by atoms with E-state index in [0.29, 0.717) is 0 Å². The van der Waals surface area contributed by atoms with Crippen LogP contribution in [0.2, 0.25) is 0 Å². The van der Waals surface area contributed by atoms with Crippen molar-refractivity contribution in [2.24, 2.45) is 0 Å². The van der Waals surface area contributed by atoms with Gasteiger partial charge in [-0.05, 0) is 13.3 Å². The van der Waals surface area contributed by atoms with Crippen LogP contribution < -0.4 is 0 Å². The molecule has 3 nitrogen and oxygen atoms in total. The molecule has 0 radical (unpaired) electrons. The summed E-state index contributed by atoms with van der Waals surface area (Å²) in [5, 5.41) is 0. The van der Waals surface area contributed by atoms with Crippen molar-refractivity contribution >= 4 is 5.84 Å². The maximum atomic E-state index is 5.87. The Labute approximate surface area is 132 Å². The van der Waals surface area contributed by atoms with Crippen LogP contribution in [-0.4, -0.2) is 48.3 Å². The average molecular weight is 298 g/mol. The molecule has 0 saturated heterocycles. The maximum absolute atomic E-state index is 5.87. The maximum Gasteiger partial charge on any atom is 0.248 e. The molecule has 0 spiro atoms. The highest BCUT2D eigenvalue weighted by atomic mass is 16.5. The predicted octanol–water partition coefficient (Wildman–Crippen LogP) is 4.26. The van der Waals surface area contributed by atoms with Crippen molar-refractivity contribution < 1.29 is 9.31 Å². The van der Waals surface area contributed by atoms with Gasteiger partial charge in [-0.1, -0.05) is 58.8 Å². The second-order valence-corrected chi connectivity index (χ2v) is 6.13. The molecule has 124 valence electrons. The topological polar surface area (TPSA) is 15.5 Å². The van der Waals surface area contributed by atoms with Crippen molar-refractivity contribution in [3.05, 3.63) is 0 Å². The van der Waals surface area contributed by atoms with Gasteiger partial charge in [0.2, 0.25) is 5.84 Å². The molecule has 0 aromatic rings. The van der Waals surface area contributed by atoms with E-state index in [9.17, 15) is 0 Å². The van der Waals surface area contributed by atoms with E-state index >= 15 is 0 Å². The molecule has 1 heterocycles. The van der Waals surface area contributed by atoms with Crippen LogP contribution in [0.4, 0.5) is 0 Å². The Balaban J connectivity index is 1.99. The molecule has 0 aromatic carbocycles. The van der Waals surface area contributed by atoms with Gasteiger partial charge in [0, 0.05) is 6.42 Å². The Morgan fingerprint density at radius 1 is 0.952 bits per heavy atom. The van der Waals surface area contributed by atoms with Crippen LogP contribution >= 0.6 is 0 Å². The fourth-order valence-corrected chi connectivity index (χ4v) is 3.14. The molecule has 1 rings (SSSR count). The third-order valence-electron chi connectivity index (χ3n) is 4.46. The monoisotopic (exact) mass is 297 g/mol. The number of hydrogen-bond acceptors (Lipinski definition) is 2. The van der Waals surface area contributed by atoms with Crippen molar-refractivity contribution in [1.82, 2.24) is 4.90 Å². The van der Waals surface area contributed by atoms with E-state index in [2.05, 4.69) is 30.2 Å². The van der Waals surface area contributed by atoms with Crippen molar-refractivity contribution in [2.45, 2.75) is 78.6 Å². The van der Waals surface area contributed by atoms with Gasteiger partial charge in [-0.25, -0.2) is 4.58 Å². The summed E-state index contributed by atoms with van der Waals surface area (Å²) >= 11 is 0. The number of hydrogen-bond donors (Lipinski definition) is 0. The van der Waals surface area contributed by atoms with Crippen LogP contribution in [0.3, 0.4) is 0 Å². The third kappa shape index (κ3) is 7.30. The highest BCUT2D eigenvalue weighted by Crippen LogP contribution is 2.09. The molecule has 0 aromatic heterocycles. The molecule has 0 fully saturated rings. The Morgan fingerprint density at radius 2 is 1.62 bits per heavy atom. The lowest BCUT2D eigenvalue weighted by Gasteiger charge is -2.09. The number of ether oxygens (including phenoxy) is 1. The van der Waals surface area contributed by atoms with Gasteiger partial charge in [0.05, 0.1) is 13.2 Å². The van der Waals surface area contributed by atoms with Crippen LogP contribution in [0.5, 0.6) is 0 Å². The molecule has 0 aliphatic carbocycles. The van der Waals surface area contributed by atoms with E-state index < -0.39 is 0 Å². The largest absolute Gasteiger partial charge is 0.342 e. The van der Waals surface area contributed by atoms with E-state index in [1.807, 2.05) is 0 Å². The zero-order valence-corrected chi connectivity index (χ0v) is 14.7. The van der Waals surface area contributed by atoms with Gasteiger partial charge in [0.1, 0.15) is 13.1 Å². The lowest BCUT2D eigenvalue weighted by molar-refractivity contribution is -0.560. The molecule has 0 bridgehead atoms. The average Bonchev–Trinajstić information content (AvgIpc) is 2.91. The predicted molar refractivity (Wildman–Crippen MR) is 91.1 cm³/mol. The standard InChI is InChI=1S/C18H37N2O/c1-4-7-8-9-10-11-12-13-16-21-17-20-15-14-19(6-3)18(20)5-2/h4-17H2,1-3H3/q+1. The SMILES string of the molecule is CCCCCCCCCCOC[N+]1=C(CC)N(CC)CC1. The number of unbranched alkanes of at least 4 members (excludes halogenated alkanes) is 7.